The molecule has 8 aliphatic rings. The lowest BCUT2D eigenvalue weighted by atomic mass is 9.33. The molecule has 276 valence electrons. The molecule has 0 aliphatic heterocycles. The van der Waals surface area contributed by atoms with E-state index in [4.69, 9.17) is 0 Å². The van der Waals surface area contributed by atoms with Gasteiger partial charge < -0.3 is 10.4 Å². The molecule has 0 bridgehead atoms. The second-order valence-corrected chi connectivity index (χ2v) is 20.7. The molecule has 6 saturated carbocycles. The fourth-order valence-electron chi connectivity index (χ4n) is 15.0. The van der Waals surface area contributed by atoms with Gasteiger partial charge in [-0.3, -0.25) is 4.79 Å². The number of carboxylic acid groups (broad SMARTS) is 1. The number of halogens is 1. The van der Waals surface area contributed by atoms with Crippen molar-refractivity contribution < 1.29 is 14.3 Å². The maximum atomic E-state index is 14.0. The Labute approximate surface area is 303 Å². The van der Waals surface area contributed by atoms with Crippen LogP contribution < -0.4 is 5.32 Å². The highest BCUT2D eigenvalue weighted by Crippen LogP contribution is 2.76. The van der Waals surface area contributed by atoms with Gasteiger partial charge in [0.1, 0.15) is 6.67 Å². The molecular formula is C46H68FNO2. The van der Waals surface area contributed by atoms with Crippen LogP contribution >= 0.6 is 0 Å². The first-order valence-electron chi connectivity index (χ1n) is 21.0. The third-order valence-corrected chi connectivity index (χ3v) is 18.2. The van der Waals surface area contributed by atoms with Gasteiger partial charge in [0.2, 0.25) is 0 Å². The molecule has 6 fully saturated rings. The molecule has 0 unspecified atom stereocenters. The second-order valence-electron chi connectivity index (χ2n) is 20.7. The summed E-state index contributed by atoms with van der Waals surface area (Å²) >= 11 is 0. The number of fused-ring (bicyclic) bond motifs is 7. The van der Waals surface area contributed by atoms with Crippen LogP contribution in [0.2, 0.25) is 0 Å². The molecule has 0 aromatic heterocycles. The summed E-state index contributed by atoms with van der Waals surface area (Å²) < 4.78 is 14.0. The van der Waals surface area contributed by atoms with Crippen LogP contribution in [0.1, 0.15) is 144 Å². The van der Waals surface area contributed by atoms with E-state index in [9.17, 15) is 14.3 Å². The second kappa shape index (κ2) is 11.9. The Bertz CT molecular complexity index is 1500. The highest BCUT2D eigenvalue weighted by molar-refractivity contribution is 5.75. The number of carbonyl (C=O) groups is 1. The Morgan fingerprint density at radius 3 is 2.20 bits per heavy atom. The van der Waals surface area contributed by atoms with Crippen molar-refractivity contribution in [2.45, 2.75) is 150 Å². The molecule has 0 heterocycles. The van der Waals surface area contributed by atoms with E-state index in [0.29, 0.717) is 53.8 Å². The van der Waals surface area contributed by atoms with Crippen LogP contribution in [0.15, 0.2) is 47.1 Å². The summed E-state index contributed by atoms with van der Waals surface area (Å²) in [6.07, 6.45) is 26.1. The lowest BCUT2D eigenvalue weighted by Gasteiger charge is -2.72. The van der Waals surface area contributed by atoms with Gasteiger partial charge in [-0.2, -0.15) is 0 Å². The first kappa shape index (κ1) is 35.4. The van der Waals surface area contributed by atoms with Crippen molar-refractivity contribution in [1.82, 2.24) is 5.32 Å². The Hall–Kier alpha value is -1.68. The van der Waals surface area contributed by atoms with Gasteiger partial charge in [0.05, 0.1) is 5.41 Å². The van der Waals surface area contributed by atoms with Gasteiger partial charge in [-0.1, -0.05) is 70.6 Å². The van der Waals surface area contributed by atoms with Crippen LogP contribution in [-0.2, 0) is 4.79 Å². The van der Waals surface area contributed by atoms with Gasteiger partial charge in [0.15, 0.2) is 0 Å². The topological polar surface area (TPSA) is 49.3 Å². The van der Waals surface area contributed by atoms with Crippen LogP contribution in [0.4, 0.5) is 4.39 Å². The fourth-order valence-corrected chi connectivity index (χ4v) is 15.0. The highest BCUT2D eigenvalue weighted by Gasteiger charge is 2.70. The first-order valence-corrected chi connectivity index (χ1v) is 21.0. The molecule has 0 aromatic rings. The molecule has 8 aliphatic carbocycles. The van der Waals surface area contributed by atoms with Crippen LogP contribution in [0, 0.1) is 68.5 Å². The molecule has 4 heteroatoms. The standard InChI is InChI=1S/C46H68FNO2/c1-29(2)33-16-24-46(48-27-19-34(30-8-9-30)31-10-11-31)26-25-43(6)36(39(33)46)12-13-38-42(5)20-17-35(41(3,4)37(42)18-21-44(38,43)7)32-14-22-45(28-47,23-15-32)40(49)50/h14,17,19,30-31,33,36-39,48H,1,8-13,15-16,18,20-28H2,2-7H3,(H,49,50)/t33-,36+,37-,38+,39+,42-,43+,44+,45-,46-/m0/s1. The van der Waals surface area contributed by atoms with Crippen LogP contribution in [0.5, 0.6) is 0 Å². The summed E-state index contributed by atoms with van der Waals surface area (Å²) in [4.78, 5) is 12.0. The number of aliphatic carboxylic acids is 1. The van der Waals surface area contributed by atoms with E-state index in [1.807, 2.05) is 0 Å². The zero-order valence-corrected chi connectivity index (χ0v) is 32.4. The molecule has 3 nitrogen and oxygen atoms in total. The zero-order chi connectivity index (χ0) is 35.5. The van der Waals surface area contributed by atoms with Crippen LogP contribution in [0.25, 0.3) is 0 Å². The predicted octanol–water partition coefficient (Wildman–Crippen LogP) is 11.4. The van der Waals surface area contributed by atoms with E-state index in [1.54, 1.807) is 5.57 Å². The lowest BCUT2D eigenvalue weighted by molar-refractivity contribution is -0.221. The summed E-state index contributed by atoms with van der Waals surface area (Å²) in [6.45, 7) is 20.4. The summed E-state index contributed by atoms with van der Waals surface area (Å²) in [5.41, 5.74) is 5.89. The Morgan fingerprint density at radius 2 is 1.60 bits per heavy atom. The van der Waals surface area contributed by atoms with Crippen molar-refractivity contribution >= 4 is 5.97 Å². The van der Waals surface area contributed by atoms with Gasteiger partial charge in [-0.05, 0) is 184 Å². The molecule has 8 rings (SSSR count). The van der Waals surface area contributed by atoms with E-state index in [0.717, 1.165) is 30.7 Å². The zero-order valence-electron chi connectivity index (χ0n) is 32.4. The molecule has 0 aromatic carbocycles. The molecule has 50 heavy (non-hydrogen) atoms. The lowest BCUT2D eigenvalue weighted by Crippen LogP contribution is -2.68. The van der Waals surface area contributed by atoms with Gasteiger partial charge >= 0.3 is 5.97 Å². The van der Waals surface area contributed by atoms with Crippen LogP contribution in [-0.4, -0.2) is 29.8 Å². The van der Waals surface area contributed by atoms with Gasteiger partial charge in [-0.15, -0.1) is 0 Å². The van der Waals surface area contributed by atoms with Crippen molar-refractivity contribution in [1.29, 1.82) is 0 Å². The van der Waals surface area contributed by atoms with Gasteiger partial charge in [-0.25, -0.2) is 4.39 Å². The van der Waals surface area contributed by atoms with Crippen molar-refractivity contribution in [2.24, 2.45) is 68.5 Å². The summed E-state index contributed by atoms with van der Waals surface area (Å²) in [5, 5.41) is 14.2. The predicted molar refractivity (Wildman–Crippen MR) is 202 cm³/mol. The molecule has 0 amide bonds. The molecular weight excluding hydrogens is 618 g/mol. The smallest absolute Gasteiger partial charge is 0.312 e. The van der Waals surface area contributed by atoms with Crippen molar-refractivity contribution in [3.8, 4) is 0 Å². The van der Waals surface area contributed by atoms with Crippen molar-refractivity contribution in [3.63, 3.8) is 0 Å². The summed E-state index contributed by atoms with van der Waals surface area (Å²) in [5.74, 6) is 4.18. The molecule has 0 spiro atoms. The van der Waals surface area contributed by atoms with Crippen molar-refractivity contribution in [2.75, 3.05) is 13.2 Å². The quantitative estimate of drug-likeness (QED) is 0.238. The molecule has 0 radical (unpaired) electrons. The average Bonchev–Trinajstić information content (AvgIpc) is 4.02. The molecule has 0 saturated heterocycles. The minimum atomic E-state index is -1.24. The average molecular weight is 686 g/mol. The highest BCUT2D eigenvalue weighted by atomic mass is 19.1. The SMILES string of the molecule is C=C(C)[C@@H]1CC[C@]2(NCC=C(C3CC3)C3CC3)CC[C@]3(C)[C@H](CC[C@@H]4[C@@]5(C)CC=C(C6=CC[C@](CF)(C(=O)O)CC6)C(C)(C)[C@@H]5CC[C@]43C)[C@@H]12. The minimum Gasteiger partial charge on any atom is -0.481 e. The van der Waals surface area contributed by atoms with E-state index in [2.05, 4.69) is 71.7 Å². The third-order valence-electron chi connectivity index (χ3n) is 18.2. The molecule has 10 atom stereocenters. The maximum Gasteiger partial charge on any atom is 0.312 e. The Morgan fingerprint density at radius 1 is 0.880 bits per heavy atom. The van der Waals surface area contributed by atoms with Gasteiger partial charge in [0.25, 0.3) is 0 Å². The first-order chi connectivity index (χ1) is 23.7. The van der Waals surface area contributed by atoms with Crippen LogP contribution in [0.3, 0.4) is 0 Å². The summed E-state index contributed by atoms with van der Waals surface area (Å²) in [7, 11) is 0. The number of carboxylic acids is 1. The number of nitrogens with one attached hydrogen (secondary N) is 1. The maximum absolute atomic E-state index is 14.0. The number of hydrogen-bond donors (Lipinski definition) is 2. The number of hydrogen-bond acceptors (Lipinski definition) is 2. The number of allylic oxidation sites excluding steroid dienone is 6. The molecule has 2 N–H and O–H groups in total. The normalized spacial score (nSPS) is 46.3. The van der Waals surface area contributed by atoms with E-state index >= 15 is 0 Å². The number of alkyl halides is 1. The largest absolute Gasteiger partial charge is 0.481 e. The van der Waals surface area contributed by atoms with E-state index in [-0.39, 0.29) is 16.4 Å². The monoisotopic (exact) mass is 686 g/mol. The van der Waals surface area contributed by atoms with E-state index in [1.165, 1.54) is 93.8 Å². The summed E-state index contributed by atoms with van der Waals surface area (Å²) in [6, 6.07) is 0. The van der Waals surface area contributed by atoms with Crippen molar-refractivity contribution in [3.05, 3.63) is 47.1 Å². The minimum absolute atomic E-state index is 0.0201. The van der Waals surface area contributed by atoms with E-state index < -0.39 is 18.1 Å². The fraction of sp³-hybridized carbons (Fsp3) is 0.804. The Balaban J connectivity index is 1.07. The van der Waals surface area contributed by atoms with Gasteiger partial charge in [0, 0.05) is 12.1 Å². The third kappa shape index (κ3) is 5.05. The Kier molecular flexibility index (Phi) is 8.42. The number of rotatable bonds is 9.